The molecule has 4 rings (SSSR count). The molecular weight excluding hydrogens is 629 g/mol. The number of rotatable bonds is 16. The van der Waals surface area contributed by atoms with Crippen molar-refractivity contribution in [3.05, 3.63) is 58.5 Å². The second kappa shape index (κ2) is 20.3. The number of carbonyl (C=O) groups excluding carboxylic acids is 1. The summed E-state index contributed by atoms with van der Waals surface area (Å²) in [6.07, 6.45) is 7.78. The minimum atomic E-state index is -1.01. The number of halogens is 2. The van der Waals surface area contributed by atoms with Crippen LogP contribution in [-0.2, 0) is 22.4 Å². The third-order valence-electron chi connectivity index (χ3n) is 9.02. The second-order valence-electron chi connectivity index (χ2n) is 13.2. The fourth-order valence-corrected chi connectivity index (χ4v) is 6.56. The van der Waals surface area contributed by atoms with Gasteiger partial charge in [0, 0.05) is 36.1 Å². The number of nitriles is 1. The zero-order chi connectivity index (χ0) is 35.1. The number of hydrogen-bond donors (Lipinski definition) is 0. The summed E-state index contributed by atoms with van der Waals surface area (Å²) >= 11 is 6.47. The van der Waals surface area contributed by atoms with Gasteiger partial charge in [-0.05, 0) is 55.6 Å². The molecular formula is C38H55ClFN5O3. The Bertz CT molecular complexity index is 1360. The fraction of sp³-hybridized carbons (Fsp3) is 0.632. The van der Waals surface area contributed by atoms with Gasteiger partial charge in [0.1, 0.15) is 5.82 Å². The standard InChI is InChI=1S/C34H47ClFN5O2.C4H8O/c1-6-11-26(12-7-2)23-43-34-38-31(24(4)16-17-27-14-9-10-15-30(27)35)29(13-8-3)32(39-34)40-20-21-41(33(42)25(5)36)28(22-40)18-19-37;1-4-2-5-3-4/h9-10,14-15,24,26,28H,5-8,11-13,16-18,20-23H2,1-4H3;4H,2-3H2,1H3. The van der Waals surface area contributed by atoms with Gasteiger partial charge in [-0.2, -0.15) is 15.2 Å². The molecule has 0 saturated carbocycles. The van der Waals surface area contributed by atoms with E-state index in [1.807, 2.05) is 18.2 Å². The van der Waals surface area contributed by atoms with E-state index in [2.05, 4.69) is 58.2 Å². The van der Waals surface area contributed by atoms with Gasteiger partial charge in [-0.15, -0.1) is 0 Å². The highest BCUT2D eigenvalue weighted by atomic mass is 35.5. The molecule has 2 aliphatic heterocycles. The normalized spacial score (nSPS) is 16.9. The van der Waals surface area contributed by atoms with Crippen molar-refractivity contribution >= 4 is 23.3 Å². The Morgan fingerprint density at radius 3 is 2.38 bits per heavy atom. The summed E-state index contributed by atoms with van der Waals surface area (Å²) in [6, 6.07) is 9.97. The largest absolute Gasteiger partial charge is 0.463 e. The number of hydrogen-bond acceptors (Lipinski definition) is 7. The Morgan fingerprint density at radius 2 is 1.81 bits per heavy atom. The molecule has 2 aromatic rings. The molecule has 2 unspecified atom stereocenters. The van der Waals surface area contributed by atoms with Crippen LogP contribution in [-0.4, -0.2) is 66.3 Å². The van der Waals surface area contributed by atoms with Gasteiger partial charge in [0.15, 0.2) is 5.83 Å². The average Bonchev–Trinajstić information content (AvgIpc) is 3.06. The highest BCUT2D eigenvalue weighted by Gasteiger charge is 2.34. The van der Waals surface area contributed by atoms with Crippen molar-refractivity contribution in [2.24, 2.45) is 11.8 Å². The lowest BCUT2D eigenvalue weighted by molar-refractivity contribution is -0.131. The molecule has 48 heavy (non-hydrogen) atoms. The van der Waals surface area contributed by atoms with Crippen LogP contribution in [0.15, 0.2) is 36.7 Å². The number of anilines is 1. The molecule has 0 spiro atoms. The van der Waals surface area contributed by atoms with Crippen LogP contribution in [0.3, 0.4) is 0 Å². The molecule has 1 amide bonds. The maximum absolute atomic E-state index is 13.8. The molecule has 264 valence electrons. The molecule has 2 saturated heterocycles. The van der Waals surface area contributed by atoms with Gasteiger partial charge in [0.2, 0.25) is 0 Å². The summed E-state index contributed by atoms with van der Waals surface area (Å²) in [6.45, 7) is 17.7. The number of carbonyl (C=O) groups is 1. The van der Waals surface area contributed by atoms with Crippen molar-refractivity contribution in [1.82, 2.24) is 14.9 Å². The predicted octanol–water partition coefficient (Wildman–Crippen LogP) is 8.48. The lowest BCUT2D eigenvalue weighted by atomic mass is 9.93. The SMILES string of the molecule is C=C(F)C(=O)N1CCN(c2nc(OCC(CCC)CCC)nc(C(C)CCc3ccccc3Cl)c2CCC)CC1CC#N.CC1COC1. The van der Waals surface area contributed by atoms with Gasteiger partial charge in [0.25, 0.3) is 5.91 Å². The Kier molecular flexibility index (Phi) is 16.6. The van der Waals surface area contributed by atoms with Crippen molar-refractivity contribution in [3.8, 4) is 12.1 Å². The average molecular weight is 684 g/mol. The van der Waals surface area contributed by atoms with Crippen molar-refractivity contribution in [1.29, 1.82) is 5.26 Å². The minimum absolute atomic E-state index is 0.0872. The third kappa shape index (κ3) is 11.4. The van der Waals surface area contributed by atoms with Crippen molar-refractivity contribution in [2.45, 2.75) is 104 Å². The fourth-order valence-electron chi connectivity index (χ4n) is 6.33. The quantitative estimate of drug-likeness (QED) is 0.164. The molecule has 2 atom stereocenters. The molecule has 2 fully saturated rings. The predicted molar refractivity (Wildman–Crippen MR) is 191 cm³/mol. The molecule has 8 nitrogen and oxygen atoms in total. The van der Waals surface area contributed by atoms with Gasteiger partial charge in [-0.1, -0.05) is 90.3 Å². The van der Waals surface area contributed by atoms with Crippen LogP contribution >= 0.6 is 11.6 Å². The zero-order valence-electron chi connectivity index (χ0n) is 29.6. The first-order chi connectivity index (χ1) is 23.1. The maximum atomic E-state index is 13.8. The zero-order valence-corrected chi connectivity index (χ0v) is 30.4. The van der Waals surface area contributed by atoms with E-state index in [1.165, 1.54) is 4.90 Å². The molecule has 1 aromatic heterocycles. The van der Waals surface area contributed by atoms with Crippen LogP contribution in [0.25, 0.3) is 0 Å². The van der Waals surface area contributed by atoms with Crippen molar-refractivity contribution in [2.75, 3.05) is 44.4 Å². The number of aryl methyl sites for hydroxylation is 1. The molecule has 0 radical (unpaired) electrons. The van der Waals surface area contributed by atoms with E-state index in [1.54, 1.807) is 0 Å². The number of benzene rings is 1. The summed E-state index contributed by atoms with van der Waals surface area (Å²) in [5, 5.41) is 10.3. The van der Waals surface area contributed by atoms with E-state index in [0.29, 0.717) is 31.6 Å². The summed E-state index contributed by atoms with van der Waals surface area (Å²) in [5.41, 5.74) is 3.13. The summed E-state index contributed by atoms with van der Waals surface area (Å²) < 4.78 is 25.0. The van der Waals surface area contributed by atoms with E-state index in [4.69, 9.17) is 31.0 Å². The molecule has 3 heterocycles. The van der Waals surface area contributed by atoms with Crippen molar-refractivity contribution < 1.29 is 18.7 Å². The van der Waals surface area contributed by atoms with Crippen LogP contribution < -0.4 is 9.64 Å². The molecule has 0 N–H and O–H groups in total. The van der Waals surface area contributed by atoms with Gasteiger partial charge in [0.05, 0.1) is 44.0 Å². The highest BCUT2D eigenvalue weighted by molar-refractivity contribution is 6.31. The Balaban J connectivity index is 0.00000114. The topological polar surface area (TPSA) is 91.6 Å². The molecule has 0 bridgehead atoms. The van der Waals surface area contributed by atoms with Gasteiger partial charge >= 0.3 is 6.01 Å². The Labute approximate surface area is 292 Å². The van der Waals surface area contributed by atoms with E-state index >= 15 is 0 Å². The lowest BCUT2D eigenvalue weighted by Crippen LogP contribution is -2.55. The second-order valence-corrected chi connectivity index (χ2v) is 13.6. The number of amides is 1. The first-order valence-corrected chi connectivity index (χ1v) is 18.1. The van der Waals surface area contributed by atoms with E-state index in [0.717, 1.165) is 98.2 Å². The maximum Gasteiger partial charge on any atom is 0.318 e. The lowest BCUT2D eigenvalue weighted by Gasteiger charge is -2.41. The minimum Gasteiger partial charge on any atom is -0.463 e. The van der Waals surface area contributed by atoms with Gasteiger partial charge in [-0.3, -0.25) is 4.79 Å². The third-order valence-corrected chi connectivity index (χ3v) is 9.39. The first-order valence-electron chi connectivity index (χ1n) is 17.7. The molecule has 2 aliphatic rings. The van der Waals surface area contributed by atoms with E-state index in [9.17, 15) is 14.4 Å². The van der Waals surface area contributed by atoms with Crippen LogP contribution in [0.5, 0.6) is 6.01 Å². The van der Waals surface area contributed by atoms with Crippen molar-refractivity contribution in [3.63, 3.8) is 0 Å². The number of ether oxygens (including phenoxy) is 2. The van der Waals surface area contributed by atoms with Crippen LogP contribution in [0.1, 0.15) is 102 Å². The summed E-state index contributed by atoms with van der Waals surface area (Å²) in [5.74, 6) is 0.396. The number of nitrogens with zero attached hydrogens (tertiary/aromatic N) is 5. The van der Waals surface area contributed by atoms with Gasteiger partial charge < -0.3 is 19.3 Å². The molecule has 10 heteroatoms. The Hall–Kier alpha value is -3.22. The van der Waals surface area contributed by atoms with E-state index < -0.39 is 17.8 Å². The van der Waals surface area contributed by atoms with Crippen LogP contribution in [0.2, 0.25) is 5.02 Å². The Morgan fingerprint density at radius 1 is 1.12 bits per heavy atom. The number of aromatic nitrogens is 2. The highest BCUT2D eigenvalue weighted by Crippen LogP contribution is 2.34. The molecule has 1 aromatic carbocycles. The summed E-state index contributed by atoms with van der Waals surface area (Å²) in [4.78, 5) is 26.1. The van der Waals surface area contributed by atoms with Crippen LogP contribution in [0.4, 0.5) is 10.2 Å². The monoisotopic (exact) mass is 683 g/mol. The first kappa shape index (κ1) is 39.2. The van der Waals surface area contributed by atoms with Crippen LogP contribution in [0, 0.1) is 23.2 Å². The van der Waals surface area contributed by atoms with E-state index in [-0.39, 0.29) is 18.9 Å². The number of piperazine rings is 1. The summed E-state index contributed by atoms with van der Waals surface area (Å²) in [7, 11) is 0. The molecule has 0 aliphatic carbocycles. The smallest absolute Gasteiger partial charge is 0.318 e. The van der Waals surface area contributed by atoms with Gasteiger partial charge in [-0.25, -0.2) is 4.39 Å².